The van der Waals surface area contributed by atoms with Crippen LogP contribution in [0.2, 0.25) is 0 Å². The molecule has 1 unspecified atom stereocenters. The third-order valence-electron chi connectivity index (χ3n) is 4.96. The molecule has 0 aliphatic carbocycles. The molecule has 0 spiro atoms. The van der Waals surface area contributed by atoms with Crippen LogP contribution in [0.5, 0.6) is 11.5 Å². The maximum Gasteiger partial charge on any atom is 0.573 e. The SMILES string of the molecule is CCC(C(N)=O)c1c(C)n(C(=O)c2ccc(OC(F)(F)F)cc2)c2cc(F)c(O)cc12. The van der Waals surface area contributed by atoms with Crippen molar-refractivity contribution < 1.29 is 37.0 Å². The molecule has 3 aromatic rings. The molecular weight excluding hydrogens is 420 g/mol. The van der Waals surface area contributed by atoms with E-state index in [-0.39, 0.29) is 16.5 Å². The van der Waals surface area contributed by atoms with Crippen molar-refractivity contribution in [1.29, 1.82) is 0 Å². The fourth-order valence-electron chi connectivity index (χ4n) is 3.63. The summed E-state index contributed by atoms with van der Waals surface area (Å²) in [7, 11) is 0. The van der Waals surface area contributed by atoms with Gasteiger partial charge in [-0.05, 0) is 49.2 Å². The molecule has 1 aromatic heterocycles. The van der Waals surface area contributed by atoms with Gasteiger partial charge in [0.05, 0.1) is 11.4 Å². The number of alkyl halides is 3. The summed E-state index contributed by atoms with van der Waals surface area (Å²) in [5, 5.41) is 10.1. The summed E-state index contributed by atoms with van der Waals surface area (Å²) >= 11 is 0. The Balaban J connectivity index is 2.17. The molecule has 0 saturated carbocycles. The van der Waals surface area contributed by atoms with E-state index >= 15 is 0 Å². The number of primary amides is 1. The number of hydrogen-bond acceptors (Lipinski definition) is 4. The number of aromatic hydroxyl groups is 1. The van der Waals surface area contributed by atoms with E-state index in [1.54, 1.807) is 6.92 Å². The van der Waals surface area contributed by atoms with Crippen molar-refractivity contribution in [2.45, 2.75) is 32.5 Å². The lowest BCUT2D eigenvalue weighted by molar-refractivity contribution is -0.274. The van der Waals surface area contributed by atoms with Crippen LogP contribution in [0.4, 0.5) is 17.6 Å². The highest BCUT2D eigenvalue weighted by Gasteiger charge is 2.31. The largest absolute Gasteiger partial charge is 0.573 e. The summed E-state index contributed by atoms with van der Waals surface area (Å²) in [6.07, 6.45) is -4.58. The smallest absolute Gasteiger partial charge is 0.505 e. The quantitative estimate of drug-likeness (QED) is 0.579. The number of nitrogens with zero attached hydrogens (tertiary/aromatic N) is 1. The predicted molar refractivity (Wildman–Crippen MR) is 103 cm³/mol. The van der Waals surface area contributed by atoms with Crippen LogP contribution in [0.15, 0.2) is 36.4 Å². The molecule has 3 N–H and O–H groups in total. The molecule has 1 atom stereocenters. The van der Waals surface area contributed by atoms with E-state index in [2.05, 4.69) is 4.74 Å². The van der Waals surface area contributed by atoms with Gasteiger partial charge in [0.15, 0.2) is 11.6 Å². The minimum absolute atomic E-state index is 0.00156. The van der Waals surface area contributed by atoms with Gasteiger partial charge in [0, 0.05) is 22.7 Å². The average Bonchev–Trinajstić information content (AvgIpc) is 2.93. The second kappa shape index (κ2) is 7.93. The maximum atomic E-state index is 14.1. The summed E-state index contributed by atoms with van der Waals surface area (Å²) in [5.41, 5.74) is 6.25. The third kappa shape index (κ3) is 4.18. The van der Waals surface area contributed by atoms with Gasteiger partial charge in [-0.3, -0.25) is 14.2 Å². The van der Waals surface area contributed by atoms with Crippen LogP contribution in [0, 0.1) is 12.7 Å². The van der Waals surface area contributed by atoms with Crippen LogP contribution in [-0.2, 0) is 4.79 Å². The first-order valence-corrected chi connectivity index (χ1v) is 9.17. The number of carbonyl (C=O) groups is 2. The normalized spacial score (nSPS) is 12.7. The van der Waals surface area contributed by atoms with Gasteiger partial charge in [-0.25, -0.2) is 4.39 Å². The summed E-state index contributed by atoms with van der Waals surface area (Å²) < 4.78 is 56.1. The Labute approximate surface area is 173 Å². The molecule has 0 bridgehead atoms. The van der Waals surface area contributed by atoms with Crippen molar-refractivity contribution in [1.82, 2.24) is 4.57 Å². The lowest BCUT2D eigenvalue weighted by atomic mass is 9.93. The monoisotopic (exact) mass is 438 g/mol. The zero-order chi connectivity index (χ0) is 23.1. The summed E-state index contributed by atoms with van der Waals surface area (Å²) in [5.74, 6) is -4.28. The number of hydrogen-bond donors (Lipinski definition) is 2. The zero-order valence-electron chi connectivity index (χ0n) is 16.5. The van der Waals surface area contributed by atoms with Crippen molar-refractivity contribution in [3.63, 3.8) is 0 Å². The second-order valence-electron chi connectivity index (χ2n) is 6.90. The minimum atomic E-state index is -4.88. The highest BCUT2D eigenvalue weighted by atomic mass is 19.4. The number of halogens is 4. The van der Waals surface area contributed by atoms with Crippen molar-refractivity contribution in [3.05, 3.63) is 59.0 Å². The number of fused-ring (bicyclic) bond motifs is 1. The van der Waals surface area contributed by atoms with Crippen LogP contribution in [-0.4, -0.2) is 27.9 Å². The molecule has 0 radical (unpaired) electrons. The van der Waals surface area contributed by atoms with Crippen LogP contribution in [0.3, 0.4) is 0 Å². The van der Waals surface area contributed by atoms with Gasteiger partial charge in [0.1, 0.15) is 5.75 Å². The number of benzene rings is 2. The molecule has 1 amide bonds. The van der Waals surface area contributed by atoms with Gasteiger partial charge >= 0.3 is 6.36 Å². The van der Waals surface area contributed by atoms with Crippen LogP contribution >= 0.6 is 0 Å². The highest BCUT2D eigenvalue weighted by molar-refractivity contribution is 6.05. The number of amides is 1. The first kappa shape index (κ1) is 22.1. The van der Waals surface area contributed by atoms with Gasteiger partial charge in [-0.2, -0.15) is 0 Å². The summed E-state index contributed by atoms with van der Waals surface area (Å²) in [4.78, 5) is 25.1. The molecule has 6 nitrogen and oxygen atoms in total. The third-order valence-corrected chi connectivity index (χ3v) is 4.96. The fourth-order valence-corrected chi connectivity index (χ4v) is 3.63. The number of aromatic nitrogens is 1. The number of carbonyl (C=O) groups excluding carboxylic acids is 2. The first-order chi connectivity index (χ1) is 14.4. The Morgan fingerprint density at radius 1 is 1.19 bits per heavy atom. The van der Waals surface area contributed by atoms with E-state index in [0.717, 1.165) is 41.0 Å². The molecule has 0 fully saturated rings. The fraction of sp³-hybridized carbons (Fsp3) is 0.238. The maximum absolute atomic E-state index is 14.1. The van der Waals surface area contributed by atoms with Gasteiger partial charge in [-0.15, -0.1) is 13.2 Å². The zero-order valence-corrected chi connectivity index (χ0v) is 16.5. The van der Waals surface area contributed by atoms with Crippen LogP contribution in [0.1, 0.15) is 40.9 Å². The highest BCUT2D eigenvalue weighted by Crippen LogP contribution is 2.37. The molecule has 0 saturated heterocycles. The van der Waals surface area contributed by atoms with Gasteiger partial charge < -0.3 is 15.6 Å². The molecule has 2 aromatic carbocycles. The molecule has 0 aliphatic heterocycles. The van der Waals surface area contributed by atoms with Gasteiger partial charge in [0.2, 0.25) is 5.91 Å². The van der Waals surface area contributed by atoms with Gasteiger partial charge in [0.25, 0.3) is 5.91 Å². The lowest BCUT2D eigenvalue weighted by Crippen LogP contribution is -2.22. The number of ether oxygens (including phenoxy) is 1. The Morgan fingerprint density at radius 2 is 1.81 bits per heavy atom. The second-order valence-corrected chi connectivity index (χ2v) is 6.90. The van der Waals surface area contributed by atoms with E-state index in [0.29, 0.717) is 17.7 Å². The molecule has 0 aliphatic rings. The standard InChI is InChI=1S/C21H18F4N2O4/c1-3-13(19(26)29)18-10(2)27(16-9-15(22)17(28)8-14(16)18)20(30)11-4-6-12(7-5-11)31-21(23,24)25/h4-9,13,28H,3H2,1-2H3,(H2,26,29). The summed E-state index contributed by atoms with van der Waals surface area (Å²) in [6, 6.07) is 6.30. The molecule has 31 heavy (non-hydrogen) atoms. The Bertz CT molecular complexity index is 1170. The van der Waals surface area contributed by atoms with Crippen molar-refractivity contribution in [2.75, 3.05) is 0 Å². The van der Waals surface area contributed by atoms with Crippen molar-refractivity contribution >= 4 is 22.7 Å². The molecule has 10 heteroatoms. The predicted octanol–water partition coefficient (Wildman–Crippen LogP) is 4.36. The van der Waals surface area contributed by atoms with E-state index < -0.39 is 41.4 Å². The Kier molecular flexibility index (Phi) is 5.66. The molecule has 164 valence electrons. The Hall–Kier alpha value is -3.56. The number of phenols is 1. The van der Waals surface area contributed by atoms with Crippen molar-refractivity contribution in [3.8, 4) is 11.5 Å². The molecule has 3 rings (SSSR count). The summed E-state index contributed by atoms with van der Waals surface area (Å²) in [6.45, 7) is 3.25. The van der Waals surface area contributed by atoms with E-state index in [9.17, 15) is 32.3 Å². The molecular formula is C21H18F4N2O4. The van der Waals surface area contributed by atoms with E-state index in [1.165, 1.54) is 6.92 Å². The molecule has 1 heterocycles. The topological polar surface area (TPSA) is 94.6 Å². The minimum Gasteiger partial charge on any atom is -0.505 e. The number of phenolic OH excluding ortho intramolecular Hbond substituents is 1. The van der Waals surface area contributed by atoms with Crippen molar-refractivity contribution in [2.24, 2.45) is 5.73 Å². The van der Waals surface area contributed by atoms with Gasteiger partial charge in [-0.1, -0.05) is 6.92 Å². The van der Waals surface area contributed by atoms with Crippen LogP contribution in [0.25, 0.3) is 10.9 Å². The first-order valence-electron chi connectivity index (χ1n) is 9.17. The Morgan fingerprint density at radius 3 is 2.32 bits per heavy atom. The number of rotatable bonds is 5. The van der Waals surface area contributed by atoms with E-state index in [1.807, 2.05) is 0 Å². The lowest BCUT2D eigenvalue weighted by Gasteiger charge is -2.13. The van der Waals surface area contributed by atoms with E-state index in [4.69, 9.17) is 5.73 Å². The van der Waals surface area contributed by atoms with Crippen LogP contribution < -0.4 is 10.5 Å². The number of nitrogens with two attached hydrogens (primary N) is 1. The average molecular weight is 438 g/mol.